The molecule has 0 unspecified atom stereocenters. The van der Waals surface area contributed by atoms with Crippen LogP contribution in [0.3, 0.4) is 0 Å². The smallest absolute Gasteiger partial charge is 0.348 e. The van der Waals surface area contributed by atoms with Gasteiger partial charge in [-0.25, -0.2) is 19.6 Å². The Hall–Kier alpha value is -10.3. The number of allylic oxidation sites excluding steroid dienone is 6. The Bertz CT molecular complexity index is 5020. The molecule has 0 aliphatic carbocycles. The van der Waals surface area contributed by atoms with Gasteiger partial charge >= 0.3 is 35.8 Å². The zero-order valence-electron chi connectivity index (χ0n) is 67.3. The molecule has 592 valence electrons. The molecule has 1 amide bonds. The summed E-state index contributed by atoms with van der Waals surface area (Å²) in [7, 11) is 0. The second-order valence-electron chi connectivity index (χ2n) is 28.9. The minimum atomic E-state index is -1.13. The third kappa shape index (κ3) is 19.2. The summed E-state index contributed by atoms with van der Waals surface area (Å²) < 4.78 is 10.1. The Morgan fingerprint density at radius 1 is 0.595 bits per heavy atom. The molecule has 25 heteroatoms. The Morgan fingerprint density at radius 3 is 1.57 bits per heavy atom. The molecular formula is C86H112N14O11. The standard InChI is InChI=1S/C42H55N7O5.C36H36N4O6.C8H21N3/c1-9-27-23(5)31-20-33-25(7)29(13-14-38(51)52)40(47-33)30(19-37(50)44-16-15-43-17-18-49(11-3)12-4)41-39(42(53)54)26(8)34(48-41)22-36-28(10-2)24(6)32(46-36)21-35(27)45-31;1-8-21-16(3)25-13-27-18(5)23(10-11-31(42)45-20(7)41)34(39-27)24-12-32(43)46-36(44)33-19(6)28(40-35(24)33)15-30-22(9-2)17(4)26(38-30)14-29(21)37-25;1-3-11(4-2)8-7-10-6-5-9/h9,20-22,25,29,43,46,48H,1,10-19H2,2-8H3,(H,44,50)(H,51,52)(H,53,54);8,13-15,18,23,38,40H,1,9-12H2,2-7H3;10H,3-9H2,1-2H3/t25-,29-;18-,23-;/m00./s1. The van der Waals surface area contributed by atoms with Gasteiger partial charge in [-0.2, -0.15) is 0 Å². The van der Waals surface area contributed by atoms with Gasteiger partial charge in [0.05, 0.1) is 69.2 Å². The number of aliphatic carboxylic acids is 1. The summed E-state index contributed by atoms with van der Waals surface area (Å²) in [5.74, 6) is -6.26. The summed E-state index contributed by atoms with van der Waals surface area (Å²) in [6, 6.07) is 11.8. The lowest BCUT2D eigenvalue weighted by atomic mass is 9.85. The quantitative estimate of drug-likeness (QED) is 0.0124. The number of rotatable bonds is 28. The number of carbonyl (C=O) groups is 7. The highest BCUT2D eigenvalue weighted by molar-refractivity contribution is 6.09. The molecule has 0 saturated heterocycles. The van der Waals surface area contributed by atoms with Crippen molar-refractivity contribution in [3.05, 3.63) is 163 Å². The van der Waals surface area contributed by atoms with Gasteiger partial charge in [0, 0.05) is 163 Å². The lowest BCUT2D eigenvalue weighted by Gasteiger charge is -2.18. The van der Waals surface area contributed by atoms with Crippen LogP contribution in [0.25, 0.3) is 66.4 Å². The van der Waals surface area contributed by atoms with Crippen molar-refractivity contribution in [2.75, 3.05) is 78.5 Å². The van der Waals surface area contributed by atoms with Gasteiger partial charge in [-0.15, -0.1) is 0 Å². The van der Waals surface area contributed by atoms with E-state index in [1.54, 1.807) is 13.0 Å². The largest absolute Gasteiger partial charge is 0.481 e. The second kappa shape index (κ2) is 38.1. The number of ether oxygens (including phenoxy) is 2. The summed E-state index contributed by atoms with van der Waals surface area (Å²) >= 11 is 0. The zero-order valence-corrected chi connectivity index (χ0v) is 67.3. The summed E-state index contributed by atoms with van der Waals surface area (Å²) in [5, 5.41) is 30.1. The van der Waals surface area contributed by atoms with Gasteiger partial charge in [-0.3, -0.25) is 33.9 Å². The van der Waals surface area contributed by atoms with E-state index >= 15 is 0 Å². The van der Waals surface area contributed by atoms with Crippen molar-refractivity contribution in [1.82, 2.24) is 65.6 Å². The molecule has 0 radical (unpaired) electrons. The molecule has 0 aromatic carbocycles. The first-order valence-electron chi connectivity index (χ1n) is 39.0. The van der Waals surface area contributed by atoms with E-state index in [9.17, 15) is 43.8 Å². The van der Waals surface area contributed by atoms with Crippen LogP contribution in [0, 0.1) is 27.7 Å². The SMILES string of the molecule is C=CC1=C(C)c2cc3nc(c(CC(=O)NCCNCCN(CC)CC)c4[nH]c(cc5[nH]c(cc1n2)c(C)c5CC)c(C)c4C(=O)O)[C@@H](CCC(=O)O)[C@@H]3C.C=CC1=C(C)c2cc3nc(c4c5[nH]c(cc6[nH]c(cc1n2)c(C)c6CC)c(C)c5C(=O)OC(=O)C4)[C@@H](CCC(=O)OC(C)=O)[C@@H]3C.CCN(CC)CCNCCN. The second-order valence-corrected chi connectivity index (χ2v) is 28.9. The van der Waals surface area contributed by atoms with Gasteiger partial charge in [0.25, 0.3) is 0 Å². The van der Waals surface area contributed by atoms with E-state index in [1.807, 2.05) is 77.1 Å². The van der Waals surface area contributed by atoms with Gasteiger partial charge in [0.2, 0.25) is 5.91 Å². The Balaban J connectivity index is 0.000000226. The predicted molar refractivity (Wildman–Crippen MR) is 438 cm³/mol. The number of carbonyl (C=O) groups excluding carboxylic acids is 5. The average molecular weight is 1520 g/mol. The number of aryl methyl sites for hydroxylation is 6. The van der Waals surface area contributed by atoms with E-state index < -0.39 is 41.7 Å². The molecule has 5 aliphatic rings. The molecule has 0 saturated carbocycles. The number of nitrogens with zero attached hydrogens (tertiary/aromatic N) is 6. The molecule has 6 aromatic heterocycles. The highest BCUT2D eigenvalue weighted by Gasteiger charge is 2.38. The van der Waals surface area contributed by atoms with Crippen LogP contribution in [0.4, 0.5) is 0 Å². The van der Waals surface area contributed by atoms with Crippen LogP contribution in [-0.4, -0.2) is 180 Å². The van der Waals surface area contributed by atoms with Crippen molar-refractivity contribution < 1.29 is 53.2 Å². The van der Waals surface area contributed by atoms with E-state index in [2.05, 4.69) is 114 Å². The lowest BCUT2D eigenvalue weighted by molar-refractivity contribution is -0.158. The van der Waals surface area contributed by atoms with E-state index in [4.69, 9.17) is 35.1 Å². The number of cyclic esters (lactones) is 2. The van der Waals surface area contributed by atoms with Gasteiger partial charge < -0.3 is 71.1 Å². The first-order chi connectivity index (χ1) is 53.1. The normalized spacial score (nSPS) is 15.9. The summed E-state index contributed by atoms with van der Waals surface area (Å²) in [5.41, 5.74) is 27.0. The molecule has 16 bridgehead atoms. The number of aromatic nitrogens is 8. The van der Waals surface area contributed by atoms with Crippen LogP contribution >= 0.6 is 0 Å². The number of likely N-dealkylation sites (N-methyl/N-ethyl adjacent to an activating group) is 2. The highest BCUT2D eigenvalue weighted by Crippen LogP contribution is 2.46. The van der Waals surface area contributed by atoms with Crippen molar-refractivity contribution in [3.63, 3.8) is 0 Å². The maximum absolute atomic E-state index is 13.8. The fourth-order valence-corrected chi connectivity index (χ4v) is 15.7. The number of carboxylic acid groups (broad SMARTS) is 2. The van der Waals surface area contributed by atoms with Crippen molar-refractivity contribution in [2.24, 2.45) is 5.73 Å². The van der Waals surface area contributed by atoms with Crippen LogP contribution in [-0.2, 0) is 59.1 Å². The summed E-state index contributed by atoms with van der Waals surface area (Å²) in [4.78, 5) is 128. The maximum atomic E-state index is 13.8. The first-order valence-corrected chi connectivity index (χ1v) is 39.0. The van der Waals surface area contributed by atoms with Crippen LogP contribution < -0.4 is 21.7 Å². The Morgan fingerprint density at radius 2 is 1.08 bits per heavy atom. The van der Waals surface area contributed by atoms with Crippen LogP contribution in [0.5, 0.6) is 0 Å². The number of amides is 1. The van der Waals surface area contributed by atoms with Gasteiger partial charge in [0.15, 0.2) is 0 Å². The minimum absolute atomic E-state index is 0.0331. The Kier molecular flexibility index (Phi) is 29.1. The number of fused-ring (bicyclic) bond motifs is 16. The highest BCUT2D eigenvalue weighted by atomic mass is 16.6. The molecule has 11 N–H and O–H groups in total. The molecule has 25 nitrogen and oxygen atoms in total. The molecular weight excluding hydrogens is 1410 g/mol. The first kappa shape index (κ1) is 84.7. The number of nitrogens with one attached hydrogen (secondary N) is 7. The monoisotopic (exact) mass is 1520 g/mol. The number of carboxylic acids is 2. The number of esters is 4. The predicted octanol–water partition coefficient (Wildman–Crippen LogP) is 13.1. The van der Waals surface area contributed by atoms with E-state index in [-0.39, 0.29) is 66.9 Å². The molecule has 11 heterocycles. The molecule has 11 rings (SSSR count). The summed E-state index contributed by atoms with van der Waals surface area (Å²) in [6.45, 7) is 48.6. The third-order valence-corrected chi connectivity index (χ3v) is 22.3. The van der Waals surface area contributed by atoms with Gasteiger partial charge in [0.1, 0.15) is 0 Å². The zero-order chi connectivity index (χ0) is 80.8. The van der Waals surface area contributed by atoms with E-state index in [0.29, 0.717) is 80.9 Å². The third-order valence-electron chi connectivity index (χ3n) is 22.3. The number of hydrogen-bond acceptors (Lipinski definition) is 18. The van der Waals surface area contributed by atoms with Crippen molar-refractivity contribution in [3.8, 4) is 0 Å². The molecule has 0 spiro atoms. The van der Waals surface area contributed by atoms with Crippen molar-refractivity contribution in [1.29, 1.82) is 0 Å². The van der Waals surface area contributed by atoms with Crippen LogP contribution in [0.2, 0.25) is 0 Å². The number of hydrogen-bond donors (Lipinski definition) is 10. The van der Waals surface area contributed by atoms with Crippen LogP contribution in [0.15, 0.2) is 61.7 Å². The lowest BCUT2D eigenvalue weighted by Crippen LogP contribution is -2.37. The maximum Gasteiger partial charge on any atom is 0.348 e. The topological polar surface area (TPSA) is 362 Å². The fraction of sp³-hybridized carbons (Fsp3) is 0.453. The van der Waals surface area contributed by atoms with Crippen molar-refractivity contribution in [2.45, 2.75) is 179 Å². The number of H-pyrrole nitrogens is 4. The fourth-order valence-electron chi connectivity index (χ4n) is 15.7. The molecule has 111 heavy (non-hydrogen) atoms. The molecule has 5 aliphatic heterocycles. The summed E-state index contributed by atoms with van der Waals surface area (Å²) in [6.07, 6.45) is 5.19. The number of aromatic amines is 4. The van der Waals surface area contributed by atoms with Crippen LogP contribution in [0.1, 0.15) is 236 Å². The number of aromatic carboxylic acids is 1. The molecule has 0 fully saturated rings. The van der Waals surface area contributed by atoms with E-state index in [1.165, 1.54) is 6.92 Å². The van der Waals surface area contributed by atoms with E-state index in [0.717, 1.165) is 173 Å². The molecule has 6 aromatic rings. The number of nitrogens with two attached hydrogens (primary N) is 1. The van der Waals surface area contributed by atoms with Crippen molar-refractivity contribution >= 4 is 108 Å². The minimum Gasteiger partial charge on any atom is -0.481 e. The molecule has 4 atom stereocenters. The Labute approximate surface area is 649 Å². The average Bonchev–Trinajstić information content (AvgIpc) is 1.60. The van der Waals surface area contributed by atoms with Gasteiger partial charge in [-0.05, 0) is 174 Å². The van der Waals surface area contributed by atoms with Gasteiger partial charge in [-0.1, -0.05) is 80.7 Å².